The summed E-state index contributed by atoms with van der Waals surface area (Å²) in [6, 6.07) is 0. The normalized spacial score (nSPS) is 21.7. The molecule has 1 saturated heterocycles. The van der Waals surface area contributed by atoms with E-state index in [-0.39, 0.29) is 18.6 Å². The fourth-order valence-corrected chi connectivity index (χ4v) is 2.01. The van der Waals surface area contributed by atoms with Gasteiger partial charge in [0.05, 0.1) is 5.92 Å². The highest BCUT2D eigenvalue weighted by Crippen LogP contribution is 2.24. The molecule has 0 aromatic rings. The number of amides is 1. The van der Waals surface area contributed by atoms with Gasteiger partial charge in [0.2, 0.25) is 0 Å². The van der Waals surface area contributed by atoms with Gasteiger partial charge in [-0.1, -0.05) is 19.6 Å². The largest absolute Gasteiger partial charge is 0.481 e. The highest BCUT2D eigenvalue weighted by atomic mass is 16.6. The van der Waals surface area contributed by atoms with Crippen molar-refractivity contribution in [3.05, 3.63) is 12.7 Å². The lowest BCUT2D eigenvalue weighted by Crippen LogP contribution is -2.43. The number of piperidine rings is 1. The van der Waals surface area contributed by atoms with Crippen LogP contribution in [-0.2, 0) is 9.53 Å². The van der Waals surface area contributed by atoms with Crippen molar-refractivity contribution in [1.29, 1.82) is 0 Å². The number of nitrogens with zero attached hydrogens (tertiary/aromatic N) is 1. The molecule has 0 aromatic carbocycles. The van der Waals surface area contributed by atoms with Crippen molar-refractivity contribution in [3.63, 3.8) is 0 Å². The predicted octanol–water partition coefficient (Wildman–Crippen LogP) is 1.74. The van der Waals surface area contributed by atoms with Gasteiger partial charge in [-0.3, -0.25) is 4.79 Å². The number of ether oxygens (including phenoxy) is 1. The predicted molar refractivity (Wildman–Crippen MR) is 62.6 cm³/mol. The van der Waals surface area contributed by atoms with E-state index in [9.17, 15) is 9.59 Å². The third-order valence-corrected chi connectivity index (χ3v) is 3.14. The summed E-state index contributed by atoms with van der Waals surface area (Å²) in [4.78, 5) is 24.1. The van der Waals surface area contributed by atoms with Crippen LogP contribution in [0.3, 0.4) is 0 Å². The second kappa shape index (κ2) is 6.27. The first-order valence-corrected chi connectivity index (χ1v) is 5.81. The summed E-state index contributed by atoms with van der Waals surface area (Å²) in [6.07, 6.45) is 2.80. The standard InChI is InChI=1S/C12H19NO4/c1-3-7-17-12(16)13-6-4-5-10(8-13)9(2)11(14)15/h3,9-10H,1,4-8H2,2H3,(H,14,15). The molecule has 0 saturated carbocycles. The number of carbonyl (C=O) groups excluding carboxylic acids is 1. The molecule has 0 bridgehead atoms. The summed E-state index contributed by atoms with van der Waals surface area (Å²) in [5, 5.41) is 8.95. The molecule has 17 heavy (non-hydrogen) atoms. The van der Waals surface area contributed by atoms with Crippen LogP contribution >= 0.6 is 0 Å². The van der Waals surface area contributed by atoms with Gasteiger partial charge in [-0.25, -0.2) is 4.79 Å². The smallest absolute Gasteiger partial charge is 0.410 e. The molecule has 96 valence electrons. The number of carboxylic acids is 1. The third kappa shape index (κ3) is 3.76. The molecule has 5 nitrogen and oxygen atoms in total. The topological polar surface area (TPSA) is 66.8 Å². The lowest BCUT2D eigenvalue weighted by molar-refractivity contribution is -0.143. The number of hydrogen-bond donors (Lipinski definition) is 1. The molecule has 2 atom stereocenters. The molecule has 0 spiro atoms. The number of aliphatic carboxylic acids is 1. The van der Waals surface area contributed by atoms with Gasteiger partial charge < -0.3 is 14.7 Å². The van der Waals surface area contributed by atoms with Crippen molar-refractivity contribution in [3.8, 4) is 0 Å². The van der Waals surface area contributed by atoms with E-state index in [0.717, 1.165) is 12.8 Å². The van der Waals surface area contributed by atoms with Crippen LogP contribution in [0, 0.1) is 11.8 Å². The first-order chi connectivity index (χ1) is 8.06. The van der Waals surface area contributed by atoms with Crippen molar-refractivity contribution >= 4 is 12.1 Å². The van der Waals surface area contributed by atoms with Gasteiger partial charge in [0.15, 0.2) is 0 Å². The minimum Gasteiger partial charge on any atom is -0.481 e. The van der Waals surface area contributed by atoms with Crippen LogP contribution < -0.4 is 0 Å². The van der Waals surface area contributed by atoms with Crippen LogP contribution in [0.2, 0.25) is 0 Å². The Labute approximate surface area is 101 Å². The Morgan fingerprint density at radius 2 is 2.35 bits per heavy atom. The second-order valence-corrected chi connectivity index (χ2v) is 4.34. The summed E-state index contributed by atoms with van der Waals surface area (Å²) in [7, 11) is 0. The molecule has 0 aromatic heterocycles. The Morgan fingerprint density at radius 3 is 2.94 bits per heavy atom. The third-order valence-electron chi connectivity index (χ3n) is 3.14. The minimum absolute atomic E-state index is 0.0116. The molecule has 1 aliphatic heterocycles. The first kappa shape index (κ1) is 13.5. The number of hydrogen-bond acceptors (Lipinski definition) is 3. The Hall–Kier alpha value is -1.52. The number of carboxylic acid groups (broad SMARTS) is 1. The Kier molecular flexibility index (Phi) is 5.00. The lowest BCUT2D eigenvalue weighted by atomic mass is 9.87. The van der Waals surface area contributed by atoms with Gasteiger partial charge >= 0.3 is 12.1 Å². The molecule has 1 amide bonds. The maximum atomic E-state index is 11.6. The van der Waals surface area contributed by atoms with E-state index in [0.29, 0.717) is 13.1 Å². The van der Waals surface area contributed by atoms with Crippen LogP contribution in [-0.4, -0.2) is 41.8 Å². The van der Waals surface area contributed by atoms with Gasteiger partial charge in [0, 0.05) is 13.1 Å². The van der Waals surface area contributed by atoms with Gasteiger partial charge in [-0.15, -0.1) is 0 Å². The lowest BCUT2D eigenvalue weighted by Gasteiger charge is -2.33. The van der Waals surface area contributed by atoms with Crippen molar-refractivity contribution in [2.24, 2.45) is 11.8 Å². The molecule has 2 unspecified atom stereocenters. The van der Waals surface area contributed by atoms with E-state index in [1.807, 2.05) is 0 Å². The summed E-state index contributed by atoms with van der Waals surface area (Å²) in [6.45, 7) is 6.45. The van der Waals surface area contributed by atoms with Crippen molar-refractivity contribution < 1.29 is 19.4 Å². The van der Waals surface area contributed by atoms with Crippen LogP contribution in [0.5, 0.6) is 0 Å². The Morgan fingerprint density at radius 1 is 1.65 bits per heavy atom. The fourth-order valence-electron chi connectivity index (χ4n) is 2.01. The van der Waals surface area contributed by atoms with E-state index >= 15 is 0 Å². The van der Waals surface area contributed by atoms with Crippen LogP contribution in [0.15, 0.2) is 12.7 Å². The summed E-state index contributed by atoms with van der Waals surface area (Å²) in [5.74, 6) is -1.22. The average molecular weight is 241 g/mol. The number of carbonyl (C=O) groups is 2. The summed E-state index contributed by atoms with van der Waals surface area (Å²) < 4.78 is 4.94. The second-order valence-electron chi connectivity index (χ2n) is 4.34. The van der Waals surface area contributed by atoms with Crippen LogP contribution in [0.1, 0.15) is 19.8 Å². The van der Waals surface area contributed by atoms with Gasteiger partial charge in [0.25, 0.3) is 0 Å². The highest BCUT2D eigenvalue weighted by Gasteiger charge is 2.31. The summed E-state index contributed by atoms with van der Waals surface area (Å²) >= 11 is 0. The maximum Gasteiger partial charge on any atom is 0.410 e. The maximum absolute atomic E-state index is 11.6. The molecule has 1 aliphatic rings. The van der Waals surface area contributed by atoms with Crippen molar-refractivity contribution in [2.45, 2.75) is 19.8 Å². The SMILES string of the molecule is C=CCOC(=O)N1CCCC(C(C)C(=O)O)C1. The summed E-state index contributed by atoms with van der Waals surface area (Å²) in [5.41, 5.74) is 0. The van der Waals surface area contributed by atoms with Gasteiger partial charge in [-0.2, -0.15) is 0 Å². The molecule has 5 heteroatoms. The van der Waals surface area contributed by atoms with Crippen LogP contribution in [0.4, 0.5) is 4.79 Å². The Bertz CT molecular complexity index is 303. The fraction of sp³-hybridized carbons (Fsp3) is 0.667. The van der Waals surface area contributed by atoms with Gasteiger partial charge in [-0.05, 0) is 18.8 Å². The Balaban J connectivity index is 2.51. The van der Waals surface area contributed by atoms with Crippen molar-refractivity contribution in [2.75, 3.05) is 19.7 Å². The monoisotopic (exact) mass is 241 g/mol. The zero-order valence-corrected chi connectivity index (χ0v) is 10.1. The number of rotatable bonds is 4. The average Bonchev–Trinajstić information content (AvgIpc) is 2.35. The van der Waals surface area contributed by atoms with E-state index < -0.39 is 11.9 Å². The molecule has 1 heterocycles. The minimum atomic E-state index is -0.809. The molecule has 1 fully saturated rings. The molecule has 0 radical (unpaired) electrons. The van der Waals surface area contributed by atoms with E-state index in [4.69, 9.17) is 9.84 Å². The van der Waals surface area contributed by atoms with Gasteiger partial charge in [0.1, 0.15) is 6.61 Å². The molecular weight excluding hydrogens is 222 g/mol. The van der Waals surface area contributed by atoms with Crippen LogP contribution in [0.25, 0.3) is 0 Å². The first-order valence-electron chi connectivity index (χ1n) is 5.81. The number of likely N-dealkylation sites (tertiary alicyclic amines) is 1. The zero-order chi connectivity index (χ0) is 12.8. The highest BCUT2D eigenvalue weighted by molar-refractivity contribution is 5.70. The zero-order valence-electron chi connectivity index (χ0n) is 10.1. The van der Waals surface area contributed by atoms with Crippen molar-refractivity contribution in [1.82, 2.24) is 4.90 Å². The molecule has 0 aliphatic carbocycles. The van der Waals surface area contributed by atoms with E-state index in [1.165, 1.54) is 6.08 Å². The quantitative estimate of drug-likeness (QED) is 0.761. The molecule has 1 N–H and O–H groups in total. The molecular formula is C12H19NO4. The molecule has 1 rings (SSSR count). The van der Waals surface area contributed by atoms with E-state index in [2.05, 4.69) is 6.58 Å². The van der Waals surface area contributed by atoms with E-state index in [1.54, 1.807) is 11.8 Å².